The fourth-order valence-electron chi connectivity index (χ4n) is 3.63. The average molecular weight is 429 g/mol. The SMILES string of the molecule is COc1ccc(-c2csc3nc(C)nc(-n4cnc(-c5ccccc5)c4)c23)cc1OC. The van der Waals surface area contributed by atoms with E-state index in [0.29, 0.717) is 11.5 Å². The summed E-state index contributed by atoms with van der Waals surface area (Å²) in [6.45, 7) is 1.91. The topological polar surface area (TPSA) is 62.1 Å². The van der Waals surface area contributed by atoms with Gasteiger partial charge in [0.05, 0.1) is 25.3 Å². The van der Waals surface area contributed by atoms with Gasteiger partial charge < -0.3 is 9.47 Å². The lowest BCUT2D eigenvalue weighted by atomic mass is 10.1. The number of nitrogens with zero attached hydrogens (tertiary/aromatic N) is 4. The molecule has 0 unspecified atom stereocenters. The van der Waals surface area contributed by atoms with Crippen LogP contribution < -0.4 is 9.47 Å². The first kappa shape index (κ1) is 19.3. The van der Waals surface area contributed by atoms with E-state index >= 15 is 0 Å². The molecule has 0 atom stereocenters. The van der Waals surface area contributed by atoms with Crippen LogP contribution in [0.25, 0.3) is 38.4 Å². The molecule has 31 heavy (non-hydrogen) atoms. The Bertz CT molecular complexity index is 1380. The standard InChI is InChI=1S/C24H20N4O2S/c1-15-26-23(28-12-19(25-14-28)16-7-5-4-6-8-16)22-18(13-31-24(22)27-15)17-9-10-20(29-2)21(11-17)30-3/h4-14H,1-3H3. The quantitative estimate of drug-likeness (QED) is 0.368. The van der Waals surface area contributed by atoms with E-state index in [1.807, 2.05) is 66.2 Å². The van der Waals surface area contributed by atoms with Crippen LogP contribution in [0, 0.1) is 6.92 Å². The van der Waals surface area contributed by atoms with E-state index in [1.54, 1.807) is 31.9 Å². The zero-order chi connectivity index (χ0) is 21.4. The number of hydrogen-bond donors (Lipinski definition) is 0. The molecule has 0 aliphatic heterocycles. The van der Waals surface area contributed by atoms with Crippen LogP contribution in [-0.2, 0) is 0 Å². The van der Waals surface area contributed by atoms with Crippen molar-refractivity contribution in [2.45, 2.75) is 6.92 Å². The zero-order valence-corrected chi connectivity index (χ0v) is 18.2. The highest BCUT2D eigenvalue weighted by Crippen LogP contribution is 2.39. The Morgan fingerprint density at radius 3 is 2.48 bits per heavy atom. The lowest BCUT2D eigenvalue weighted by molar-refractivity contribution is 0.355. The van der Waals surface area contributed by atoms with Crippen LogP contribution >= 0.6 is 11.3 Å². The van der Waals surface area contributed by atoms with Crippen molar-refractivity contribution in [2.75, 3.05) is 14.2 Å². The number of imidazole rings is 1. The molecule has 0 spiro atoms. The first-order chi connectivity index (χ1) is 15.2. The number of hydrogen-bond acceptors (Lipinski definition) is 6. The van der Waals surface area contributed by atoms with Crippen LogP contribution in [0.3, 0.4) is 0 Å². The van der Waals surface area contributed by atoms with Crippen molar-refractivity contribution in [2.24, 2.45) is 0 Å². The van der Waals surface area contributed by atoms with Crippen molar-refractivity contribution in [3.63, 3.8) is 0 Å². The van der Waals surface area contributed by atoms with Gasteiger partial charge in [0.1, 0.15) is 17.0 Å². The summed E-state index contributed by atoms with van der Waals surface area (Å²) in [5, 5.41) is 3.10. The Morgan fingerprint density at radius 2 is 1.71 bits per heavy atom. The van der Waals surface area contributed by atoms with Crippen LogP contribution in [0.2, 0.25) is 0 Å². The molecular weight excluding hydrogens is 408 g/mol. The molecule has 5 aromatic rings. The van der Waals surface area contributed by atoms with Gasteiger partial charge in [0.2, 0.25) is 0 Å². The minimum Gasteiger partial charge on any atom is -0.493 e. The van der Waals surface area contributed by atoms with Crippen molar-refractivity contribution in [1.29, 1.82) is 0 Å². The number of fused-ring (bicyclic) bond motifs is 1. The van der Waals surface area contributed by atoms with Crippen molar-refractivity contribution in [1.82, 2.24) is 19.5 Å². The molecule has 3 aromatic heterocycles. The molecule has 2 aromatic carbocycles. The normalized spacial score (nSPS) is 11.1. The monoisotopic (exact) mass is 428 g/mol. The molecule has 7 heteroatoms. The van der Waals surface area contributed by atoms with Crippen LogP contribution in [0.5, 0.6) is 11.5 Å². The Kier molecular flexibility index (Phi) is 4.88. The maximum absolute atomic E-state index is 5.51. The van der Waals surface area contributed by atoms with E-state index in [2.05, 4.69) is 15.3 Å². The number of aryl methyl sites for hydroxylation is 1. The zero-order valence-electron chi connectivity index (χ0n) is 17.4. The summed E-state index contributed by atoms with van der Waals surface area (Å²) in [7, 11) is 3.28. The summed E-state index contributed by atoms with van der Waals surface area (Å²) < 4.78 is 12.9. The van der Waals surface area contributed by atoms with Gasteiger partial charge >= 0.3 is 0 Å². The molecule has 0 fully saturated rings. The molecule has 3 heterocycles. The van der Waals surface area contributed by atoms with Gasteiger partial charge in [-0.05, 0) is 24.6 Å². The molecule has 0 bridgehead atoms. The lowest BCUT2D eigenvalue weighted by Gasteiger charge is -2.11. The van der Waals surface area contributed by atoms with E-state index in [0.717, 1.165) is 44.2 Å². The van der Waals surface area contributed by atoms with E-state index in [1.165, 1.54) is 0 Å². The highest BCUT2D eigenvalue weighted by Gasteiger charge is 2.18. The summed E-state index contributed by atoms with van der Waals surface area (Å²) >= 11 is 1.60. The summed E-state index contributed by atoms with van der Waals surface area (Å²) in [5.74, 6) is 2.91. The fraction of sp³-hybridized carbons (Fsp3) is 0.125. The first-order valence-corrected chi connectivity index (χ1v) is 10.6. The minimum atomic E-state index is 0.683. The number of thiophene rings is 1. The van der Waals surface area contributed by atoms with Gasteiger partial charge in [0.25, 0.3) is 0 Å². The highest BCUT2D eigenvalue weighted by molar-refractivity contribution is 7.17. The van der Waals surface area contributed by atoms with E-state index in [4.69, 9.17) is 14.5 Å². The van der Waals surface area contributed by atoms with Crippen molar-refractivity contribution >= 4 is 21.6 Å². The summed E-state index contributed by atoms with van der Waals surface area (Å²) in [6.07, 6.45) is 3.81. The number of ether oxygens (including phenoxy) is 2. The Hall–Kier alpha value is -3.71. The van der Waals surface area contributed by atoms with Gasteiger partial charge in [-0.25, -0.2) is 15.0 Å². The van der Waals surface area contributed by atoms with Gasteiger partial charge in [-0.3, -0.25) is 4.57 Å². The second-order valence-corrected chi connectivity index (χ2v) is 7.88. The maximum atomic E-state index is 5.51. The highest BCUT2D eigenvalue weighted by atomic mass is 32.1. The molecule has 0 amide bonds. The van der Waals surface area contributed by atoms with Gasteiger partial charge in [-0.2, -0.15) is 0 Å². The van der Waals surface area contributed by atoms with Crippen LogP contribution in [0.1, 0.15) is 5.82 Å². The molecule has 5 rings (SSSR count). The summed E-state index contributed by atoms with van der Waals surface area (Å²) in [5.41, 5.74) is 4.02. The summed E-state index contributed by atoms with van der Waals surface area (Å²) in [6, 6.07) is 16.0. The molecule has 0 saturated heterocycles. The average Bonchev–Trinajstić information content (AvgIpc) is 3.46. The number of aromatic nitrogens is 4. The van der Waals surface area contributed by atoms with Crippen molar-refractivity contribution in [3.8, 4) is 39.7 Å². The molecule has 6 nitrogen and oxygen atoms in total. The lowest BCUT2D eigenvalue weighted by Crippen LogP contribution is -2.00. The third-order valence-corrected chi connectivity index (χ3v) is 5.99. The predicted octanol–water partition coefficient (Wildman–Crippen LogP) is 5.54. The number of methoxy groups -OCH3 is 2. The summed E-state index contributed by atoms with van der Waals surface area (Å²) in [4.78, 5) is 15.0. The molecule has 0 aliphatic carbocycles. The number of benzene rings is 2. The molecule has 154 valence electrons. The molecule has 0 aliphatic rings. The van der Waals surface area contributed by atoms with Crippen LogP contribution in [0.4, 0.5) is 0 Å². The molecule has 0 saturated carbocycles. The van der Waals surface area contributed by atoms with E-state index in [9.17, 15) is 0 Å². The second-order valence-electron chi connectivity index (χ2n) is 7.03. The van der Waals surface area contributed by atoms with Crippen molar-refractivity contribution < 1.29 is 9.47 Å². The predicted molar refractivity (Wildman–Crippen MR) is 123 cm³/mol. The largest absolute Gasteiger partial charge is 0.493 e. The molecular formula is C24H20N4O2S. The Labute approximate surface area is 183 Å². The fourth-order valence-corrected chi connectivity index (χ4v) is 4.61. The third-order valence-electron chi connectivity index (χ3n) is 5.12. The van der Waals surface area contributed by atoms with Crippen LogP contribution in [-0.4, -0.2) is 33.7 Å². The van der Waals surface area contributed by atoms with Crippen LogP contribution in [0.15, 0.2) is 66.4 Å². The maximum Gasteiger partial charge on any atom is 0.161 e. The minimum absolute atomic E-state index is 0.683. The molecule has 0 radical (unpaired) electrons. The molecule has 0 N–H and O–H groups in total. The van der Waals surface area contributed by atoms with Gasteiger partial charge in [-0.1, -0.05) is 36.4 Å². The third kappa shape index (κ3) is 3.43. The second kappa shape index (κ2) is 7.85. The van der Waals surface area contributed by atoms with Crippen molar-refractivity contribution in [3.05, 3.63) is 72.3 Å². The van der Waals surface area contributed by atoms with Gasteiger partial charge in [0, 0.05) is 22.7 Å². The van der Waals surface area contributed by atoms with Gasteiger partial charge in [0.15, 0.2) is 17.3 Å². The van der Waals surface area contributed by atoms with E-state index < -0.39 is 0 Å². The Balaban J connectivity index is 1.68. The number of rotatable bonds is 5. The Morgan fingerprint density at radius 1 is 0.903 bits per heavy atom. The smallest absolute Gasteiger partial charge is 0.161 e. The van der Waals surface area contributed by atoms with Gasteiger partial charge in [-0.15, -0.1) is 11.3 Å². The first-order valence-electron chi connectivity index (χ1n) is 9.76. The van der Waals surface area contributed by atoms with E-state index in [-0.39, 0.29) is 0 Å².